The molecule has 0 atom stereocenters. The minimum absolute atomic E-state index is 0.165. The zero-order valence-corrected chi connectivity index (χ0v) is 12.2. The van der Waals surface area contributed by atoms with E-state index in [9.17, 15) is 4.79 Å². The summed E-state index contributed by atoms with van der Waals surface area (Å²) < 4.78 is 5.70. The average Bonchev–Trinajstić information content (AvgIpc) is 2.39. The van der Waals surface area contributed by atoms with Crippen LogP contribution < -0.4 is 4.74 Å². The lowest BCUT2D eigenvalue weighted by Gasteiger charge is -2.30. The van der Waals surface area contributed by atoms with Gasteiger partial charge in [-0.1, -0.05) is 12.1 Å². The van der Waals surface area contributed by atoms with E-state index in [4.69, 9.17) is 9.84 Å². The molecule has 0 amide bonds. The van der Waals surface area contributed by atoms with Gasteiger partial charge in [-0.25, -0.2) is 0 Å². The van der Waals surface area contributed by atoms with Crippen LogP contribution in [0.3, 0.4) is 0 Å². The molecule has 4 nitrogen and oxygen atoms in total. The number of carboxylic acid groups (broad SMARTS) is 1. The van der Waals surface area contributed by atoms with Gasteiger partial charge in [0.2, 0.25) is 0 Å². The predicted octanol–water partition coefficient (Wildman–Crippen LogP) is 2.77. The molecule has 0 bridgehead atoms. The SMILES string of the molecule is CC(C)Oc1cccc(CN2CCC(C(=O)O)CC2)c1. The molecule has 110 valence electrons. The van der Waals surface area contributed by atoms with Crippen LogP contribution in [0.5, 0.6) is 5.75 Å². The molecule has 1 aliphatic rings. The van der Waals surface area contributed by atoms with Gasteiger partial charge in [-0.05, 0) is 57.5 Å². The Morgan fingerprint density at radius 2 is 2.10 bits per heavy atom. The molecule has 0 saturated carbocycles. The minimum atomic E-state index is -0.656. The highest BCUT2D eigenvalue weighted by Crippen LogP contribution is 2.21. The number of hydrogen-bond donors (Lipinski definition) is 1. The molecule has 1 heterocycles. The third kappa shape index (κ3) is 4.23. The fourth-order valence-electron chi connectivity index (χ4n) is 2.59. The number of rotatable bonds is 5. The molecular formula is C16H23NO3. The van der Waals surface area contributed by atoms with Crippen LogP contribution in [0.15, 0.2) is 24.3 Å². The lowest BCUT2D eigenvalue weighted by atomic mass is 9.97. The zero-order chi connectivity index (χ0) is 14.5. The maximum absolute atomic E-state index is 10.9. The molecule has 1 N–H and O–H groups in total. The Balaban J connectivity index is 1.89. The lowest BCUT2D eigenvalue weighted by molar-refractivity contribution is -0.143. The van der Waals surface area contributed by atoms with E-state index in [1.165, 1.54) is 5.56 Å². The van der Waals surface area contributed by atoms with Gasteiger partial charge < -0.3 is 9.84 Å². The third-order valence-corrected chi connectivity index (χ3v) is 3.61. The third-order valence-electron chi connectivity index (χ3n) is 3.61. The molecule has 1 saturated heterocycles. The number of hydrogen-bond acceptors (Lipinski definition) is 3. The van der Waals surface area contributed by atoms with Crippen molar-refractivity contribution in [2.45, 2.75) is 39.3 Å². The molecule has 0 radical (unpaired) electrons. The van der Waals surface area contributed by atoms with Crippen molar-refractivity contribution < 1.29 is 14.6 Å². The van der Waals surface area contributed by atoms with Gasteiger partial charge >= 0.3 is 5.97 Å². The van der Waals surface area contributed by atoms with Crippen LogP contribution in [0.2, 0.25) is 0 Å². The average molecular weight is 277 g/mol. The first-order valence-electron chi connectivity index (χ1n) is 7.25. The molecule has 0 aromatic heterocycles. The highest BCUT2D eigenvalue weighted by atomic mass is 16.5. The number of likely N-dealkylation sites (tertiary alicyclic amines) is 1. The topological polar surface area (TPSA) is 49.8 Å². The fraction of sp³-hybridized carbons (Fsp3) is 0.562. The largest absolute Gasteiger partial charge is 0.491 e. The predicted molar refractivity (Wildman–Crippen MR) is 77.8 cm³/mol. The Bertz CT molecular complexity index is 451. The van der Waals surface area contributed by atoms with Gasteiger partial charge in [0.05, 0.1) is 12.0 Å². The Kier molecular flexibility index (Phi) is 5.01. The second kappa shape index (κ2) is 6.75. The van der Waals surface area contributed by atoms with E-state index < -0.39 is 5.97 Å². The standard InChI is InChI=1S/C16H23NO3/c1-12(2)20-15-5-3-4-13(10-15)11-17-8-6-14(7-9-17)16(18)19/h3-5,10,12,14H,6-9,11H2,1-2H3,(H,18,19). The summed E-state index contributed by atoms with van der Waals surface area (Å²) in [5, 5.41) is 9.00. The van der Waals surface area contributed by atoms with E-state index in [0.29, 0.717) is 0 Å². The number of carbonyl (C=O) groups is 1. The summed E-state index contributed by atoms with van der Waals surface area (Å²) in [6.07, 6.45) is 1.67. The van der Waals surface area contributed by atoms with E-state index >= 15 is 0 Å². The van der Waals surface area contributed by atoms with Crippen molar-refractivity contribution in [1.29, 1.82) is 0 Å². The van der Waals surface area contributed by atoms with Crippen LogP contribution in [0.25, 0.3) is 0 Å². The molecule has 1 fully saturated rings. The van der Waals surface area contributed by atoms with E-state index in [-0.39, 0.29) is 12.0 Å². The summed E-state index contributed by atoms with van der Waals surface area (Å²) in [5.74, 6) is 0.0803. The summed E-state index contributed by atoms with van der Waals surface area (Å²) in [6, 6.07) is 8.15. The van der Waals surface area contributed by atoms with Gasteiger partial charge in [0.25, 0.3) is 0 Å². The number of carboxylic acids is 1. The Morgan fingerprint density at radius 3 is 2.70 bits per heavy atom. The van der Waals surface area contributed by atoms with Gasteiger partial charge in [0.1, 0.15) is 5.75 Å². The van der Waals surface area contributed by atoms with Gasteiger partial charge in [0, 0.05) is 6.54 Å². The number of piperidine rings is 1. The first kappa shape index (κ1) is 14.9. The second-order valence-electron chi connectivity index (χ2n) is 5.70. The molecule has 20 heavy (non-hydrogen) atoms. The second-order valence-corrected chi connectivity index (χ2v) is 5.70. The van der Waals surface area contributed by atoms with E-state index in [1.54, 1.807) is 0 Å². The van der Waals surface area contributed by atoms with Crippen LogP contribution >= 0.6 is 0 Å². The first-order chi connectivity index (χ1) is 9.54. The molecule has 1 aromatic carbocycles. The number of aliphatic carboxylic acids is 1. The van der Waals surface area contributed by atoms with E-state index in [2.05, 4.69) is 17.0 Å². The van der Waals surface area contributed by atoms with Crippen LogP contribution in [0, 0.1) is 5.92 Å². The van der Waals surface area contributed by atoms with Gasteiger partial charge in [-0.3, -0.25) is 9.69 Å². The van der Waals surface area contributed by atoms with Crippen molar-refractivity contribution in [1.82, 2.24) is 4.90 Å². The monoisotopic (exact) mass is 277 g/mol. The zero-order valence-electron chi connectivity index (χ0n) is 12.2. The van der Waals surface area contributed by atoms with Crippen molar-refractivity contribution in [2.75, 3.05) is 13.1 Å². The van der Waals surface area contributed by atoms with E-state index in [0.717, 1.165) is 38.2 Å². The molecule has 1 aromatic rings. The fourth-order valence-corrected chi connectivity index (χ4v) is 2.59. The molecule has 0 aliphatic carbocycles. The van der Waals surface area contributed by atoms with Crippen molar-refractivity contribution in [3.05, 3.63) is 29.8 Å². The number of ether oxygens (including phenoxy) is 1. The minimum Gasteiger partial charge on any atom is -0.491 e. The molecule has 4 heteroatoms. The van der Waals surface area contributed by atoms with Crippen molar-refractivity contribution in [2.24, 2.45) is 5.92 Å². The van der Waals surface area contributed by atoms with E-state index in [1.807, 2.05) is 26.0 Å². The number of benzene rings is 1. The summed E-state index contributed by atoms with van der Waals surface area (Å²) in [6.45, 7) is 6.60. The molecule has 0 unspecified atom stereocenters. The maximum atomic E-state index is 10.9. The van der Waals surface area contributed by atoms with Gasteiger partial charge in [-0.2, -0.15) is 0 Å². The van der Waals surface area contributed by atoms with Crippen molar-refractivity contribution in [3.8, 4) is 5.75 Å². The number of nitrogens with zero attached hydrogens (tertiary/aromatic N) is 1. The summed E-state index contributed by atoms with van der Waals surface area (Å²) in [4.78, 5) is 13.2. The molecule has 0 spiro atoms. The van der Waals surface area contributed by atoms with Gasteiger partial charge in [0.15, 0.2) is 0 Å². The van der Waals surface area contributed by atoms with Crippen LogP contribution in [0.1, 0.15) is 32.3 Å². The highest BCUT2D eigenvalue weighted by Gasteiger charge is 2.24. The molecule has 1 aliphatic heterocycles. The van der Waals surface area contributed by atoms with Crippen LogP contribution in [-0.2, 0) is 11.3 Å². The smallest absolute Gasteiger partial charge is 0.306 e. The quantitative estimate of drug-likeness (QED) is 0.899. The van der Waals surface area contributed by atoms with Crippen molar-refractivity contribution in [3.63, 3.8) is 0 Å². The Hall–Kier alpha value is -1.55. The summed E-state index contributed by atoms with van der Waals surface area (Å²) in [7, 11) is 0. The van der Waals surface area contributed by atoms with Crippen LogP contribution in [0.4, 0.5) is 0 Å². The summed E-state index contributed by atoms with van der Waals surface area (Å²) >= 11 is 0. The Morgan fingerprint density at radius 1 is 1.40 bits per heavy atom. The van der Waals surface area contributed by atoms with Gasteiger partial charge in [-0.15, -0.1) is 0 Å². The Labute approximate surface area is 120 Å². The molecular weight excluding hydrogens is 254 g/mol. The normalized spacial score (nSPS) is 17.4. The van der Waals surface area contributed by atoms with Crippen molar-refractivity contribution >= 4 is 5.97 Å². The lowest BCUT2D eigenvalue weighted by Crippen LogP contribution is -2.35. The highest BCUT2D eigenvalue weighted by molar-refractivity contribution is 5.70. The molecule has 2 rings (SSSR count). The van der Waals surface area contributed by atoms with Crippen LogP contribution in [-0.4, -0.2) is 35.2 Å². The first-order valence-corrected chi connectivity index (χ1v) is 7.25. The summed E-state index contributed by atoms with van der Waals surface area (Å²) in [5.41, 5.74) is 1.22. The maximum Gasteiger partial charge on any atom is 0.306 e.